The molecule has 1 amide bonds. The van der Waals surface area contributed by atoms with Gasteiger partial charge in [-0.05, 0) is 48.7 Å². The van der Waals surface area contributed by atoms with Crippen molar-refractivity contribution in [3.63, 3.8) is 0 Å². The maximum atomic E-state index is 13.8. The van der Waals surface area contributed by atoms with Gasteiger partial charge in [-0.25, -0.2) is 4.39 Å². The van der Waals surface area contributed by atoms with Gasteiger partial charge in [0.15, 0.2) is 0 Å². The SMILES string of the molecule is Cc1cccc(C)c1NC(=O)CSCc1ccc(F)c2cccnc12. The lowest BCUT2D eigenvalue weighted by Gasteiger charge is -2.11. The summed E-state index contributed by atoms with van der Waals surface area (Å²) in [6.07, 6.45) is 1.66. The van der Waals surface area contributed by atoms with E-state index in [2.05, 4.69) is 10.3 Å². The third-order valence-corrected chi connectivity index (χ3v) is 5.02. The van der Waals surface area contributed by atoms with Crippen LogP contribution in [0, 0.1) is 19.7 Å². The molecule has 1 aromatic heterocycles. The lowest BCUT2D eigenvalue weighted by Crippen LogP contribution is -2.15. The van der Waals surface area contributed by atoms with E-state index in [0.717, 1.165) is 22.4 Å². The lowest BCUT2D eigenvalue weighted by molar-refractivity contribution is -0.113. The van der Waals surface area contributed by atoms with E-state index >= 15 is 0 Å². The molecule has 1 N–H and O–H groups in total. The first-order valence-electron chi connectivity index (χ1n) is 8.02. The maximum Gasteiger partial charge on any atom is 0.234 e. The van der Waals surface area contributed by atoms with Crippen LogP contribution in [0.3, 0.4) is 0 Å². The number of pyridine rings is 1. The van der Waals surface area contributed by atoms with Crippen LogP contribution in [0.4, 0.5) is 10.1 Å². The second-order valence-electron chi connectivity index (χ2n) is 5.91. The molecular weight excluding hydrogens is 335 g/mol. The van der Waals surface area contributed by atoms with Gasteiger partial charge in [0, 0.05) is 23.0 Å². The van der Waals surface area contributed by atoms with Gasteiger partial charge < -0.3 is 5.32 Å². The Hall–Kier alpha value is -2.40. The first-order valence-corrected chi connectivity index (χ1v) is 9.17. The Morgan fingerprint density at radius 3 is 2.64 bits per heavy atom. The Bertz CT molecular complexity index is 906. The van der Waals surface area contributed by atoms with Crippen molar-refractivity contribution in [3.8, 4) is 0 Å². The Labute approximate surface area is 150 Å². The van der Waals surface area contributed by atoms with E-state index in [0.29, 0.717) is 22.4 Å². The number of hydrogen-bond donors (Lipinski definition) is 1. The summed E-state index contributed by atoms with van der Waals surface area (Å²) in [4.78, 5) is 16.5. The number of aromatic nitrogens is 1. The second-order valence-corrected chi connectivity index (χ2v) is 6.90. The molecule has 5 heteroatoms. The molecule has 3 rings (SSSR count). The van der Waals surface area contributed by atoms with Crippen molar-refractivity contribution in [1.29, 1.82) is 0 Å². The molecule has 25 heavy (non-hydrogen) atoms. The first kappa shape index (κ1) is 17.4. The normalized spacial score (nSPS) is 10.8. The molecule has 0 fully saturated rings. The van der Waals surface area contributed by atoms with Crippen molar-refractivity contribution in [2.24, 2.45) is 0 Å². The van der Waals surface area contributed by atoms with Crippen molar-refractivity contribution in [2.75, 3.05) is 11.1 Å². The van der Waals surface area contributed by atoms with Crippen molar-refractivity contribution >= 4 is 34.3 Å². The highest BCUT2D eigenvalue weighted by Crippen LogP contribution is 2.24. The zero-order chi connectivity index (χ0) is 17.8. The van der Waals surface area contributed by atoms with Crippen LogP contribution in [0.2, 0.25) is 0 Å². The number of carbonyl (C=O) groups excluding carboxylic acids is 1. The Kier molecular flexibility index (Phi) is 5.34. The van der Waals surface area contributed by atoms with Crippen LogP contribution < -0.4 is 5.32 Å². The van der Waals surface area contributed by atoms with E-state index in [-0.39, 0.29) is 11.7 Å². The molecule has 0 aliphatic rings. The molecule has 0 spiro atoms. The van der Waals surface area contributed by atoms with Gasteiger partial charge in [-0.2, -0.15) is 0 Å². The summed E-state index contributed by atoms with van der Waals surface area (Å²) in [5, 5.41) is 3.49. The highest BCUT2D eigenvalue weighted by Gasteiger charge is 2.10. The summed E-state index contributed by atoms with van der Waals surface area (Å²) in [5.74, 6) is 0.624. The number of aryl methyl sites for hydroxylation is 2. The van der Waals surface area contributed by atoms with Crippen molar-refractivity contribution in [1.82, 2.24) is 4.98 Å². The van der Waals surface area contributed by atoms with E-state index in [4.69, 9.17) is 0 Å². The number of amides is 1. The first-order chi connectivity index (χ1) is 12.1. The molecule has 0 unspecified atom stereocenters. The van der Waals surface area contributed by atoms with E-state index in [1.54, 1.807) is 24.4 Å². The van der Waals surface area contributed by atoms with Crippen molar-refractivity contribution < 1.29 is 9.18 Å². The van der Waals surface area contributed by atoms with Gasteiger partial charge in [0.25, 0.3) is 0 Å². The minimum absolute atomic E-state index is 0.0400. The molecule has 0 aliphatic heterocycles. The quantitative estimate of drug-likeness (QED) is 0.711. The predicted molar refractivity (Wildman–Crippen MR) is 102 cm³/mol. The number of nitrogens with one attached hydrogen (secondary N) is 1. The van der Waals surface area contributed by atoms with E-state index in [1.807, 2.05) is 32.0 Å². The summed E-state index contributed by atoms with van der Waals surface area (Å²) in [7, 11) is 0. The largest absolute Gasteiger partial charge is 0.325 e. The molecule has 128 valence electrons. The van der Waals surface area contributed by atoms with E-state index in [9.17, 15) is 9.18 Å². The summed E-state index contributed by atoms with van der Waals surface area (Å²) < 4.78 is 13.8. The van der Waals surface area contributed by atoms with Gasteiger partial charge in [0.2, 0.25) is 5.91 Å². The molecule has 0 saturated carbocycles. The fraction of sp³-hybridized carbons (Fsp3) is 0.200. The number of benzene rings is 2. The molecule has 0 radical (unpaired) electrons. The molecule has 3 aromatic rings. The fourth-order valence-corrected chi connectivity index (χ4v) is 3.57. The van der Waals surface area contributed by atoms with Crippen LogP contribution in [0.25, 0.3) is 10.9 Å². The maximum absolute atomic E-state index is 13.8. The van der Waals surface area contributed by atoms with Gasteiger partial charge in [-0.3, -0.25) is 9.78 Å². The molecule has 0 atom stereocenters. The fourth-order valence-electron chi connectivity index (χ4n) is 2.75. The summed E-state index contributed by atoms with van der Waals surface area (Å²) in [5.41, 5.74) is 4.56. The molecule has 3 nitrogen and oxygen atoms in total. The highest BCUT2D eigenvalue weighted by atomic mass is 32.2. The van der Waals surface area contributed by atoms with E-state index < -0.39 is 0 Å². The van der Waals surface area contributed by atoms with E-state index in [1.165, 1.54) is 17.8 Å². The molecule has 0 bridgehead atoms. The number of carbonyl (C=O) groups is 1. The zero-order valence-electron chi connectivity index (χ0n) is 14.2. The van der Waals surface area contributed by atoms with Crippen LogP contribution in [0.15, 0.2) is 48.7 Å². The third kappa shape index (κ3) is 3.99. The van der Waals surface area contributed by atoms with Gasteiger partial charge in [-0.1, -0.05) is 24.3 Å². The Balaban J connectivity index is 1.64. The minimum Gasteiger partial charge on any atom is -0.325 e. The molecule has 1 heterocycles. The number of rotatable bonds is 5. The topological polar surface area (TPSA) is 42.0 Å². The number of thioether (sulfide) groups is 1. The third-order valence-electron chi connectivity index (χ3n) is 4.04. The van der Waals surface area contributed by atoms with Crippen LogP contribution in [-0.2, 0) is 10.5 Å². The molecule has 0 aliphatic carbocycles. The van der Waals surface area contributed by atoms with Crippen molar-refractivity contribution in [3.05, 3.63) is 71.2 Å². The predicted octanol–water partition coefficient (Wildman–Crippen LogP) is 4.86. The summed E-state index contributed by atoms with van der Waals surface area (Å²) in [6, 6.07) is 12.6. The average Bonchev–Trinajstić information content (AvgIpc) is 2.60. The number of nitrogens with zero attached hydrogens (tertiary/aromatic N) is 1. The summed E-state index contributed by atoms with van der Waals surface area (Å²) >= 11 is 1.49. The molecular formula is C20H19FN2OS. The second kappa shape index (κ2) is 7.66. The number of halogens is 1. The number of hydrogen-bond acceptors (Lipinski definition) is 3. The number of fused-ring (bicyclic) bond motifs is 1. The van der Waals surface area contributed by atoms with Gasteiger partial charge in [0.05, 0.1) is 11.3 Å². The average molecular weight is 354 g/mol. The van der Waals surface area contributed by atoms with Crippen LogP contribution in [0.1, 0.15) is 16.7 Å². The Morgan fingerprint density at radius 1 is 1.12 bits per heavy atom. The summed E-state index contributed by atoms with van der Waals surface area (Å²) in [6.45, 7) is 3.96. The monoisotopic (exact) mass is 354 g/mol. The van der Waals surface area contributed by atoms with Gasteiger partial charge in [-0.15, -0.1) is 11.8 Å². The number of anilines is 1. The smallest absolute Gasteiger partial charge is 0.234 e. The van der Waals surface area contributed by atoms with Gasteiger partial charge >= 0.3 is 0 Å². The molecule has 2 aromatic carbocycles. The van der Waals surface area contributed by atoms with Crippen LogP contribution in [-0.4, -0.2) is 16.6 Å². The zero-order valence-corrected chi connectivity index (χ0v) is 15.0. The van der Waals surface area contributed by atoms with Crippen LogP contribution >= 0.6 is 11.8 Å². The standard InChI is InChI=1S/C20H19FN2OS/c1-13-5-3-6-14(2)19(13)23-18(24)12-25-11-15-8-9-17(21)16-7-4-10-22-20(15)16/h3-10H,11-12H2,1-2H3,(H,23,24). The molecule has 0 saturated heterocycles. The minimum atomic E-state index is -0.273. The van der Waals surface area contributed by atoms with Crippen molar-refractivity contribution in [2.45, 2.75) is 19.6 Å². The number of para-hydroxylation sites is 1. The van der Waals surface area contributed by atoms with Gasteiger partial charge in [0.1, 0.15) is 5.82 Å². The Morgan fingerprint density at radius 2 is 1.88 bits per heavy atom. The van der Waals surface area contributed by atoms with Crippen LogP contribution in [0.5, 0.6) is 0 Å². The highest BCUT2D eigenvalue weighted by molar-refractivity contribution is 7.99. The lowest BCUT2D eigenvalue weighted by atomic mass is 10.1.